The van der Waals surface area contributed by atoms with Crippen LogP contribution in [0.1, 0.15) is 30.3 Å². The number of nitrogens with zero attached hydrogens (tertiary/aromatic N) is 1. The molecule has 0 aromatic carbocycles. The zero-order valence-corrected chi connectivity index (χ0v) is 9.62. The van der Waals surface area contributed by atoms with E-state index >= 15 is 0 Å². The van der Waals surface area contributed by atoms with Gasteiger partial charge in [0, 0.05) is 5.69 Å². The summed E-state index contributed by atoms with van der Waals surface area (Å²) in [5, 5.41) is 0. The van der Waals surface area contributed by atoms with Gasteiger partial charge in [0.25, 0.3) is 0 Å². The quantitative estimate of drug-likeness (QED) is 0.729. The van der Waals surface area contributed by atoms with Gasteiger partial charge in [-0.3, -0.25) is 9.78 Å². The van der Waals surface area contributed by atoms with Crippen LogP contribution in [0.5, 0.6) is 0 Å². The second-order valence-corrected chi connectivity index (χ2v) is 3.88. The fourth-order valence-corrected chi connectivity index (χ4v) is 1.88. The molecule has 0 saturated carbocycles. The van der Waals surface area contributed by atoms with E-state index in [1.807, 2.05) is 19.9 Å². The maximum absolute atomic E-state index is 11.4. The minimum absolute atomic E-state index is 0.176. The minimum atomic E-state index is -0.176. The van der Waals surface area contributed by atoms with Crippen LogP contribution in [0.2, 0.25) is 0 Å². The molecule has 0 amide bonds. The summed E-state index contributed by atoms with van der Waals surface area (Å²) in [6.07, 6.45) is 3.27. The predicted octanol–water partition coefficient (Wildman–Crippen LogP) is 2.28. The Labute approximate surface area is 95.2 Å². The molecule has 0 N–H and O–H groups in total. The van der Waals surface area contributed by atoms with Crippen LogP contribution in [0.25, 0.3) is 5.57 Å². The first-order valence-electron chi connectivity index (χ1n) is 5.52. The van der Waals surface area contributed by atoms with Crippen molar-refractivity contribution < 1.29 is 9.53 Å². The van der Waals surface area contributed by atoms with Gasteiger partial charge in [-0.25, -0.2) is 0 Å². The molecule has 0 aliphatic heterocycles. The SMILES string of the molecule is CCOC(=O)CC1=CCc2ccc(C)nc21. The zero-order valence-electron chi connectivity index (χ0n) is 9.62. The second kappa shape index (κ2) is 4.47. The fourth-order valence-electron chi connectivity index (χ4n) is 1.88. The summed E-state index contributed by atoms with van der Waals surface area (Å²) in [7, 11) is 0. The van der Waals surface area contributed by atoms with Crippen molar-refractivity contribution in [3.63, 3.8) is 0 Å². The van der Waals surface area contributed by atoms with Crippen LogP contribution in [-0.2, 0) is 16.0 Å². The molecule has 0 spiro atoms. The lowest BCUT2D eigenvalue weighted by atomic mass is 10.1. The van der Waals surface area contributed by atoms with Crippen molar-refractivity contribution in [2.24, 2.45) is 0 Å². The maximum Gasteiger partial charge on any atom is 0.310 e. The van der Waals surface area contributed by atoms with Crippen molar-refractivity contribution in [3.8, 4) is 0 Å². The lowest BCUT2D eigenvalue weighted by Gasteiger charge is -2.05. The Balaban J connectivity index is 2.16. The molecular formula is C13H15NO2. The molecule has 1 aromatic rings. The first kappa shape index (κ1) is 10.9. The summed E-state index contributed by atoms with van der Waals surface area (Å²) in [5.74, 6) is -0.176. The molecule has 0 unspecified atom stereocenters. The lowest BCUT2D eigenvalue weighted by molar-refractivity contribution is -0.141. The third-order valence-electron chi connectivity index (χ3n) is 2.63. The smallest absolute Gasteiger partial charge is 0.310 e. The highest BCUT2D eigenvalue weighted by Gasteiger charge is 2.18. The molecule has 3 heteroatoms. The average molecular weight is 217 g/mol. The number of aromatic nitrogens is 1. The molecule has 0 bridgehead atoms. The van der Waals surface area contributed by atoms with E-state index in [2.05, 4.69) is 17.1 Å². The number of aryl methyl sites for hydroxylation is 1. The number of hydrogen-bond donors (Lipinski definition) is 0. The summed E-state index contributed by atoms with van der Waals surface area (Å²) in [4.78, 5) is 15.9. The Kier molecular flexibility index (Phi) is 3.04. The van der Waals surface area contributed by atoms with Crippen LogP contribution < -0.4 is 0 Å². The number of rotatable bonds is 3. The summed E-state index contributed by atoms with van der Waals surface area (Å²) < 4.78 is 4.94. The van der Waals surface area contributed by atoms with Gasteiger partial charge in [-0.15, -0.1) is 0 Å². The van der Waals surface area contributed by atoms with Crippen molar-refractivity contribution >= 4 is 11.5 Å². The highest BCUT2D eigenvalue weighted by atomic mass is 16.5. The van der Waals surface area contributed by atoms with E-state index in [0.717, 1.165) is 23.4 Å². The molecule has 84 valence electrons. The largest absolute Gasteiger partial charge is 0.466 e. The van der Waals surface area contributed by atoms with Crippen molar-refractivity contribution in [3.05, 3.63) is 35.2 Å². The molecule has 0 atom stereocenters. The third kappa shape index (κ3) is 2.13. The number of ether oxygens (including phenoxy) is 1. The van der Waals surface area contributed by atoms with Gasteiger partial charge in [-0.05, 0) is 37.5 Å². The van der Waals surface area contributed by atoms with Gasteiger partial charge in [0.15, 0.2) is 0 Å². The molecule has 0 radical (unpaired) electrons. The number of fused-ring (bicyclic) bond motifs is 1. The summed E-state index contributed by atoms with van der Waals surface area (Å²) in [6, 6.07) is 4.08. The maximum atomic E-state index is 11.4. The number of esters is 1. The van der Waals surface area contributed by atoms with Gasteiger partial charge in [0.1, 0.15) is 0 Å². The van der Waals surface area contributed by atoms with Crippen LogP contribution in [0, 0.1) is 6.92 Å². The van der Waals surface area contributed by atoms with E-state index in [0.29, 0.717) is 13.0 Å². The van der Waals surface area contributed by atoms with Crippen molar-refractivity contribution in [1.82, 2.24) is 4.98 Å². The highest BCUT2D eigenvalue weighted by Crippen LogP contribution is 2.28. The van der Waals surface area contributed by atoms with E-state index in [4.69, 9.17) is 4.74 Å². The Morgan fingerprint density at radius 1 is 1.50 bits per heavy atom. The van der Waals surface area contributed by atoms with E-state index in [1.54, 1.807) is 0 Å². The Morgan fingerprint density at radius 3 is 3.06 bits per heavy atom. The van der Waals surface area contributed by atoms with Gasteiger partial charge in [-0.2, -0.15) is 0 Å². The summed E-state index contributed by atoms with van der Waals surface area (Å²) >= 11 is 0. The van der Waals surface area contributed by atoms with Gasteiger partial charge >= 0.3 is 5.97 Å². The van der Waals surface area contributed by atoms with Crippen LogP contribution in [0.3, 0.4) is 0 Å². The van der Waals surface area contributed by atoms with Gasteiger partial charge in [-0.1, -0.05) is 12.1 Å². The second-order valence-electron chi connectivity index (χ2n) is 3.88. The molecule has 0 fully saturated rings. The van der Waals surface area contributed by atoms with Gasteiger partial charge in [0.05, 0.1) is 18.7 Å². The molecular weight excluding hydrogens is 202 g/mol. The van der Waals surface area contributed by atoms with E-state index in [9.17, 15) is 4.79 Å². The zero-order chi connectivity index (χ0) is 11.5. The normalized spacial score (nSPS) is 13.2. The summed E-state index contributed by atoms with van der Waals surface area (Å²) in [6.45, 7) is 4.21. The standard InChI is InChI=1S/C13H15NO2/c1-3-16-12(15)8-11-7-6-10-5-4-9(2)14-13(10)11/h4-5,7H,3,6,8H2,1-2H3. The molecule has 0 saturated heterocycles. The number of carbonyl (C=O) groups is 1. The third-order valence-corrected chi connectivity index (χ3v) is 2.63. The molecule has 1 aliphatic rings. The summed E-state index contributed by atoms with van der Waals surface area (Å²) in [5.41, 5.74) is 4.14. The molecule has 1 aromatic heterocycles. The Hall–Kier alpha value is -1.64. The highest BCUT2D eigenvalue weighted by molar-refractivity contribution is 5.86. The lowest BCUT2D eigenvalue weighted by Crippen LogP contribution is -2.05. The topological polar surface area (TPSA) is 39.2 Å². The van der Waals surface area contributed by atoms with Crippen LogP contribution in [0.4, 0.5) is 0 Å². The molecule has 3 nitrogen and oxygen atoms in total. The number of carbonyl (C=O) groups excluding carboxylic acids is 1. The monoisotopic (exact) mass is 217 g/mol. The van der Waals surface area contributed by atoms with Crippen molar-refractivity contribution in [2.75, 3.05) is 6.61 Å². The first-order chi connectivity index (χ1) is 7.70. The number of hydrogen-bond acceptors (Lipinski definition) is 3. The molecule has 2 rings (SSSR count). The number of allylic oxidation sites excluding steroid dienone is 1. The van der Waals surface area contributed by atoms with Gasteiger partial charge < -0.3 is 4.74 Å². The molecule has 1 heterocycles. The fraction of sp³-hybridized carbons (Fsp3) is 0.385. The Bertz CT molecular complexity index is 449. The predicted molar refractivity (Wildman–Crippen MR) is 61.9 cm³/mol. The Morgan fingerprint density at radius 2 is 2.31 bits per heavy atom. The van der Waals surface area contributed by atoms with E-state index in [-0.39, 0.29) is 5.97 Å². The van der Waals surface area contributed by atoms with E-state index in [1.165, 1.54) is 5.56 Å². The van der Waals surface area contributed by atoms with Crippen LogP contribution >= 0.6 is 0 Å². The van der Waals surface area contributed by atoms with Crippen molar-refractivity contribution in [2.45, 2.75) is 26.7 Å². The number of pyridine rings is 1. The molecule has 16 heavy (non-hydrogen) atoms. The average Bonchev–Trinajstić information content (AvgIpc) is 2.61. The van der Waals surface area contributed by atoms with E-state index < -0.39 is 0 Å². The first-order valence-corrected chi connectivity index (χ1v) is 5.52. The molecule has 1 aliphatic carbocycles. The van der Waals surface area contributed by atoms with Gasteiger partial charge in [0.2, 0.25) is 0 Å². The van der Waals surface area contributed by atoms with Crippen molar-refractivity contribution in [1.29, 1.82) is 0 Å². The van der Waals surface area contributed by atoms with Crippen LogP contribution in [0.15, 0.2) is 18.2 Å². The van der Waals surface area contributed by atoms with Crippen LogP contribution in [-0.4, -0.2) is 17.6 Å². The minimum Gasteiger partial charge on any atom is -0.466 e.